The van der Waals surface area contributed by atoms with Crippen molar-refractivity contribution in [2.24, 2.45) is 0 Å². The summed E-state index contributed by atoms with van der Waals surface area (Å²) in [5, 5.41) is 2.99. The van der Waals surface area contributed by atoms with Crippen molar-refractivity contribution in [3.63, 3.8) is 0 Å². The van der Waals surface area contributed by atoms with E-state index in [9.17, 15) is 9.59 Å². The van der Waals surface area contributed by atoms with Crippen molar-refractivity contribution in [2.45, 2.75) is 33.2 Å². The van der Waals surface area contributed by atoms with E-state index in [0.717, 1.165) is 10.7 Å². The molecule has 0 spiro atoms. The second-order valence-electron chi connectivity index (χ2n) is 5.64. The summed E-state index contributed by atoms with van der Waals surface area (Å²) in [6.07, 6.45) is 1.08. The van der Waals surface area contributed by atoms with Gasteiger partial charge in [-0.15, -0.1) is 11.3 Å². The minimum Gasteiger partial charge on any atom is -0.494 e. The molecule has 0 saturated heterocycles. The Morgan fingerprint density at radius 1 is 1.25 bits per heavy atom. The highest BCUT2D eigenvalue weighted by Crippen LogP contribution is 2.14. The first-order valence-electron chi connectivity index (χ1n) is 7.84. The molecule has 0 N–H and O–H groups in total. The van der Waals surface area contributed by atoms with Gasteiger partial charge in [-0.25, -0.2) is 4.98 Å². The number of carbonyl (C=O) groups is 2. The molecule has 2 rings (SSSR count). The minimum absolute atomic E-state index is 0.0329. The van der Waals surface area contributed by atoms with Crippen molar-refractivity contribution < 1.29 is 14.3 Å². The van der Waals surface area contributed by atoms with Crippen molar-refractivity contribution in [1.29, 1.82) is 0 Å². The molecule has 1 aromatic heterocycles. The fourth-order valence-electron chi connectivity index (χ4n) is 2.20. The van der Waals surface area contributed by atoms with Crippen LogP contribution in [0.3, 0.4) is 0 Å². The number of benzene rings is 1. The van der Waals surface area contributed by atoms with Crippen LogP contribution in [0.2, 0.25) is 0 Å². The van der Waals surface area contributed by atoms with Crippen LogP contribution >= 0.6 is 11.3 Å². The van der Waals surface area contributed by atoms with Crippen molar-refractivity contribution >= 4 is 23.0 Å². The number of thiazole rings is 1. The van der Waals surface area contributed by atoms with E-state index in [1.54, 1.807) is 47.5 Å². The van der Waals surface area contributed by atoms with Gasteiger partial charge in [-0.1, -0.05) is 0 Å². The molecule has 0 bridgehead atoms. The largest absolute Gasteiger partial charge is 0.494 e. The Morgan fingerprint density at radius 2 is 1.96 bits per heavy atom. The molecule has 2 aromatic rings. The maximum Gasteiger partial charge on any atom is 0.222 e. The van der Waals surface area contributed by atoms with Crippen molar-refractivity contribution in [2.75, 3.05) is 13.7 Å². The zero-order valence-electron chi connectivity index (χ0n) is 14.2. The number of hydrogen-bond donors (Lipinski definition) is 0. The molecule has 1 heterocycles. The molecule has 6 heteroatoms. The molecule has 0 aliphatic heterocycles. The fraction of sp³-hybridized carbons (Fsp3) is 0.389. The normalized spacial score (nSPS) is 10.5. The van der Waals surface area contributed by atoms with Crippen LogP contribution in [0.4, 0.5) is 0 Å². The van der Waals surface area contributed by atoms with Crippen LogP contribution in [0, 0.1) is 6.92 Å². The smallest absolute Gasteiger partial charge is 0.222 e. The molecule has 5 nitrogen and oxygen atoms in total. The van der Waals surface area contributed by atoms with Gasteiger partial charge in [-0.05, 0) is 44.5 Å². The van der Waals surface area contributed by atoms with Crippen molar-refractivity contribution in [1.82, 2.24) is 9.88 Å². The van der Waals surface area contributed by atoms with Crippen LogP contribution in [0.25, 0.3) is 0 Å². The predicted molar refractivity (Wildman–Crippen MR) is 94.5 cm³/mol. The maximum atomic E-state index is 12.1. The molecule has 0 aliphatic carbocycles. The topological polar surface area (TPSA) is 59.5 Å². The van der Waals surface area contributed by atoms with Gasteiger partial charge in [-0.3, -0.25) is 9.59 Å². The summed E-state index contributed by atoms with van der Waals surface area (Å²) in [7, 11) is 1.79. The monoisotopic (exact) mass is 346 g/mol. The lowest BCUT2D eigenvalue weighted by Gasteiger charge is -2.16. The van der Waals surface area contributed by atoms with Gasteiger partial charge in [0.2, 0.25) is 5.91 Å². The molecule has 1 aromatic carbocycles. The molecule has 0 saturated carbocycles. The Kier molecular flexibility index (Phi) is 6.49. The Morgan fingerprint density at radius 3 is 2.54 bits per heavy atom. The molecule has 0 unspecified atom stereocenters. The number of aromatic nitrogens is 1. The molecule has 24 heavy (non-hydrogen) atoms. The van der Waals surface area contributed by atoms with Gasteiger partial charge in [0.15, 0.2) is 5.78 Å². The third-order valence-corrected chi connectivity index (χ3v) is 4.38. The molecule has 0 radical (unpaired) electrons. The van der Waals surface area contributed by atoms with Crippen molar-refractivity contribution in [3.05, 3.63) is 45.9 Å². The Balaban J connectivity index is 1.69. The zero-order chi connectivity index (χ0) is 17.5. The van der Waals surface area contributed by atoms with Crippen LogP contribution in [-0.2, 0) is 11.3 Å². The Bertz CT molecular complexity index is 695. The number of hydrogen-bond acceptors (Lipinski definition) is 5. The average molecular weight is 346 g/mol. The SMILES string of the molecule is CC(=O)c1ccc(OCCCC(=O)N(C)Cc2csc(C)n2)cc1. The van der Waals surface area contributed by atoms with Gasteiger partial charge in [0.25, 0.3) is 0 Å². The number of aryl methyl sites for hydroxylation is 1. The van der Waals surface area contributed by atoms with E-state index in [1.165, 1.54) is 6.92 Å². The fourth-order valence-corrected chi connectivity index (χ4v) is 2.81. The molecule has 0 fully saturated rings. The number of amides is 1. The number of nitrogens with zero attached hydrogens (tertiary/aromatic N) is 2. The third kappa shape index (κ3) is 5.45. The number of Topliss-reactive ketones (excluding diaryl/α,β-unsaturated/α-hetero) is 1. The summed E-state index contributed by atoms with van der Waals surface area (Å²) in [6, 6.07) is 7.03. The van der Waals surface area contributed by atoms with Crippen LogP contribution in [0.1, 0.15) is 40.8 Å². The van der Waals surface area contributed by atoms with E-state index >= 15 is 0 Å². The minimum atomic E-state index is 0.0329. The highest BCUT2D eigenvalue weighted by atomic mass is 32.1. The molecule has 0 aliphatic rings. The third-order valence-electron chi connectivity index (χ3n) is 3.56. The summed E-state index contributed by atoms with van der Waals surface area (Å²) < 4.78 is 5.60. The Labute approximate surface area is 146 Å². The van der Waals surface area contributed by atoms with E-state index in [4.69, 9.17) is 4.74 Å². The van der Waals surface area contributed by atoms with Gasteiger partial charge in [-0.2, -0.15) is 0 Å². The van der Waals surface area contributed by atoms with Crippen LogP contribution < -0.4 is 4.74 Å². The van der Waals surface area contributed by atoms with Crippen LogP contribution in [-0.4, -0.2) is 35.2 Å². The Hall–Kier alpha value is -2.21. The zero-order valence-corrected chi connectivity index (χ0v) is 15.1. The summed E-state index contributed by atoms with van der Waals surface area (Å²) in [5.74, 6) is 0.820. The number of ketones is 1. The van der Waals surface area contributed by atoms with Gasteiger partial charge in [0, 0.05) is 24.4 Å². The van der Waals surface area contributed by atoms with Gasteiger partial charge >= 0.3 is 0 Å². The number of rotatable bonds is 8. The molecule has 1 amide bonds. The first-order valence-corrected chi connectivity index (χ1v) is 8.72. The summed E-state index contributed by atoms with van der Waals surface area (Å²) in [5.41, 5.74) is 1.59. The second-order valence-corrected chi connectivity index (χ2v) is 6.70. The van der Waals surface area contributed by atoms with Gasteiger partial charge in [0.05, 0.1) is 23.9 Å². The molecule has 128 valence electrons. The quantitative estimate of drug-likeness (QED) is 0.542. The van der Waals surface area contributed by atoms with Gasteiger partial charge < -0.3 is 9.64 Å². The average Bonchev–Trinajstić information content (AvgIpc) is 2.96. The maximum absolute atomic E-state index is 12.1. The van der Waals surface area contributed by atoms with Crippen LogP contribution in [0.5, 0.6) is 5.75 Å². The van der Waals surface area contributed by atoms with E-state index in [1.807, 2.05) is 12.3 Å². The predicted octanol–water partition coefficient (Wildman–Crippen LogP) is 3.47. The first-order chi connectivity index (χ1) is 11.5. The summed E-state index contributed by atoms with van der Waals surface area (Å²) in [6.45, 7) is 4.49. The number of carbonyl (C=O) groups excluding carboxylic acids is 2. The van der Waals surface area contributed by atoms with E-state index in [0.29, 0.717) is 37.3 Å². The standard InChI is InChI=1S/C18H22N2O3S/c1-13(21)15-6-8-17(9-7-15)23-10-4-5-18(22)20(3)11-16-12-24-14(2)19-16/h6-9,12H,4-5,10-11H2,1-3H3. The number of ether oxygens (including phenoxy) is 1. The lowest BCUT2D eigenvalue weighted by molar-refractivity contribution is -0.130. The van der Waals surface area contributed by atoms with Crippen LogP contribution in [0.15, 0.2) is 29.6 Å². The van der Waals surface area contributed by atoms with Crippen molar-refractivity contribution in [3.8, 4) is 5.75 Å². The molecular formula is C18H22N2O3S. The molecule has 0 atom stereocenters. The highest BCUT2D eigenvalue weighted by Gasteiger charge is 2.10. The summed E-state index contributed by atoms with van der Waals surface area (Å²) in [4.78, 5) is 29.4. The first kappa shape index (κ1) is 18.1. The highest BCUT2D eigenvalue weighted by molar-refractivity contribution is 7.09. The lowest BCUT2D eigenvalue weighted by Crippen LogP contribution is -2.26. The lowest BCUT2D eigenvalue weighted by atomic mass is 10.1. The van der Waals surface area contributed by atoms with E-state index < -0.39 is 0 Å². The van der Waals surface area contributed by atoms with E-state index in [2.05, 4.69) is 4.98 Å². The van der Waals surface area contributed by atoms with Gasteiger partial charge in [0.1, 0.15) is 5.75 Å². The summed E-state index contributed by atoms with van der Waals surface area (Å²) >= 11 is 1.59. The van der Waals surface area contributed by atoms with E-state index in [-0.39, 0.29) is 11.7 Å². The molecular weight excluding hydrogens is 324 g/mol. The second kappa shape index (κ2) is 8.59.